The summed E-state index contributed by atoms with van der Waals surface area (Å²) in [6, 6.07) is 8.56. The normalized spacial score (nSPS) is 35.2. The molecule has 4 nitrogen and oxygen atoms in total. The van der Waals surface area contributed by atoms with Crippen molar-refractivity contribution in [3.8, 4) is 0 Å². The van der Waals surface area contributed by atoms with E-state index in [1.807, 2.05) is 0 Å². The topological polar surface area (TPSA) is 77.2 Å². The number of Topliss-reactive ketones (excluding diaryl/α,β-unsaturated/α-hetero) is 1. The second-order valence-electron chi connectivity index (χ2n) is 7.19. The Hall–Kier alpha value is -1.46. The molecule has 4 atom stereocenters. The lowest BCUT2D eigenvalue weighted by atomic mass is 9.55. The third-order valence-corrected chi connectivity index (χ3v) is 7.24. The molecule has 0 spiro atoms. The van der Waals surface area contributed by atoms with E-state index in [1.54, 1.807) is 0 Å². The molecule has 0 bridgehead atoms. The van der Waals surface area contributed by atoms with Crippen LogP contribution >= 0.6 is 0 Å². The van der Waals surface area contributed by atoms with E-state index in [0.29, 0.717) is 24.7 Å². The molecule has 4 rings (SSSR count). The first-order valence-electron chi connectivity index (χ1n) is 8.39. The number of aryl methyl sites for hydroxylation is 1. The minimum Gasteiger partial charge on any atom is -0.299 e. The summed E-state index contributed by atoms with van der Waals surface area (Å²) in [7, 11) is -2.48. The van der Waals surface area contributed by atoms with E-state index in [0.717, 1.165) is 25.7 Å². The Labute approximate surface area is 137 Å². The van der Waals surface area contributed by atoms with Gasteiger partial charge in [0.2, 0.25) is 10.3 Å². The number of carbonyl (C=O) groups is 1. The molecular weight excluding hydrogens is 310 g/mol. The van der Waals surface area contributed by atoms with Gasteiger partial charge >= 0.3 is 0 Å². The number of hydrogen-bond acceptors (Lipinski definition) is 3. The fourth-order valence-electron chi connectivity index (χ4n) is 5.57. The first kappa shape index (κ1) is 15.1. The molecule has 23 heavy (non-hydrogen) atoms. The second kappa shape index (κ2) is 5.28. The van der Waals surface area contributed by atoms with Gasteiger partial charge in [-0.15, -0.1) is 0 Å². The Kier molecular flexibility index (Phi) is 3.46. The van der Waals surface area contributed by atoms with Crippen LogP contribution in [0.25, 0.3) is 0 Å². The third kappa shape index (κ3) is 1.99. The summed E-state index contributed by atoms with van der Waals surface area (Å²) in [6.45, 7) is 0. The van der Waals surface area contributed by atoms with Gasteiger partial charge in [-0.3, -0.25) is 10.5 Å². The molecule has 3 aliphatic carbocycles. The molecule has 0 heterocycles. The summed E-state index contributed by atoms with van der Waals surface area (Å²) >= 11 is 0. The number of carbonyl (C=O) groups excluding carboxylic acids is 1. The number of hydrogen-bond donors (Lipinski definition) is 1. The van der Waals surface area contributed by atoms with Crippen molar-refractivity contribution < 1.29 is 13.2 Å². The standard InChI is InChI=1S/C18H21NO3S/c19-17(23(21)22)18-10-9-13-12-4-2-1-3-11(12)5-6-14(13)15(18)7-8-16(18)20/h1-4,13-15H,5-10,19H2/t13-,14-,15+,18-/m1/s1. The molecule has 0 aliphatic heterocycles. The monoisotopic (exact) mass is 331 g/mol. The fraction of sp³-hybridized carbons (Fsp3) is 0.556. The van der Waals surface area contributed by atoms with Crippen molar-refractivity contribution in [2.45, 2.75) is 44.4 Å². The lowest BCUT2D eigenvalue weighted by Crippen LogP contribution is -2.52. The molecular formula is C18H21NO3S. The van der Waals surface area contributed by atoms with E-state index >= 15 is 0 Å². The van der Waals surface area contributed by atoms with Crippen molar-refractivity contribution in [3.05, 3.63) is 35.4 Å². The Morgan fingerprint density at radius 1 is 1.13 bits per heavy atom. The maximum atomic E-state index is 12.6. The van der Waals surface area contributed by atoms with E-state index in [2.05, 4.69) is 24.3 Å². The van der Waals surface area contributed by atoms with Gasteiger partial charge in [-0.25, -0.2) is 0 Å². The third-order valence-electron chi connectivity index (χ3n) is 6.52. The van der Waals surface area contributed by atoms with Gasteiger partial charge in [-0.1, -0.05) is 24.3 Å². The van der Waals surface area contributed by atoms with Crippen LogP contribution in [0.1, 0.15) is 49.1 Å². The summed E-state index contributed by atoms with van der Waals surface area (Å²) in [5.74, 6) is 0.936. The summed E-state index contributed by atoms with van der Waals surface area (Å²) in [6.07, 6.45) is 4.71. The Bertz CT molecular complexity index is 805. The maximum Gasteiger partial charge on any atom is 0.229 e. The van der Waals surface area contributed by atoms with Crippen molar-refractivity contribution in [2.75, 3.05) is 0 Å². The minimum atomic E-state index is -2.48. The van der Waals surface area contributed by atoms with Gasteiger partial charge in [-0.05, 0) is 61.0 Å². The lowest BCUT2D eigenvalue weighted by molar-refractivity contribution is -0.125. The highest BCUT2D eigenvalue weighted by Crippen LogP contribution is 2.59. The molecule has 2 fully saturated rings. The quantitative estimate of drug-likeness (QED) is 0.799. The van der Waals surface area contributed by atoms with Crippen LogP contribution in [0.5, 0.6) is 0 Å². The molecule has 2 N–H and O–H groups in total. The van der Waals surface area contributed by atoms with Crippen molar-refractivity contribution >= 4 is 21.1 Å². The number of ketones is 1. The highest BCUT2D eigenvalue weighted by molar-refractivity contribution is 7.73. The summed E-state index contributed by atoms with van der Waals surface area (Å²) in [5, 5.41) is 0. The molecule has 122 valence electrons. The summed E-state index contributed by atoms with van der Waals surface area (Å²) < 4.78 is 23.1. The van der Waals surface area contributed by atoms with Crippen LogP contribution in [-0.2, 0) is 21.5 Å². The molecule has 0 radical (unpaired) electrons. The van der Waals surface area contributed by atoms with Gasteiger partial charge in [0.1, 0.15) is 10.8 Å². The molecule has 5 heteroatoms. The Balaban J connectivity index is 1.81. The largest absolute Gasteiger partial charge is 0.299 e. The zero-order valence-corrected chi connectivity index (χ0v) is 13.8. The molecule has 1 aromatic rings. The SMILES string of the molecule is NC(=S(=O)=O)[C@]12CC[C@@H]3c4ccccc4CC[C@H]3[C@@H]1CCC2=O. The minimum absolute atomic E-state index is 0.0431. The summed E-state index contributed by atoms with van der Waals surface area (Å²) in [4.78, 5) is 12.5. The van der Waals surface area contributed by atoms with Crippen molar-refractivity contribution in [1.29, 1.82) is 0 Å². The van der Waals surface area contributed by atoms with Gasteiger partial charge in [0.25, 0.3) is 0 Å². The molecule has 1 aromatic carbocycles. The van der Waals surface area contributed by atoms with Crippen LogP contribution in [0.15, 0.2) is 24.3 Å². The Morgan fingerprint density at radius 3 is 2.70 bits per heavy atom. The first-order valence-corrected chi connectivity index (χ1v) is 9.46. The van der Waals surface area contributed by atoms with Crippen molar-refractivity contribution in [3.63, 3.8) is 0 Å². The molecule has 0 amide bonds. The fourth-order valence-corrected chi connectivity index (χ4v) is 6.24. The molecule has 0 unspecified atom stereocenters. The number of benzene rings is 1. The van der Waals surface area contributed by atoms with Gasteiger partial charge in [0.15, 0.2) is 0 Å². The van der Waals surface area contributed by atoms with Crippen LogP contribution in [0.4, 0.5) is 0 Å². The average Bonchev–Trinajstić information content (AvgIpc) is 2.91. The van der Waals surface area contributed by atoms with Crippen LogP contribution in [0.3, 0.4) is 0 Å². The van der Waals surface area contributed by atoms with Gasteiger partial charge in [0.05, 0.1) is 5.41 Å². The van der Waals surface area contributed by atoms with E-state index in [4.69, 9.17) is 5.73 Å². The first-order chi connectivity index (χ1) is 11.1. The van der Waals surface area contributed by atoms with E-state index in [1.165, 1.54) is 11.1 Å². The van der Waals surface area contributed by atoms with Crippen molar-refractivity contribution in [1.82, 2.24) is 0 Å². The predicted octanol–water partition coefficient (Wildman–Crippen LogP) is 2.06. The predicted molar refractivity (Wildman–Crippen MR) is 88.5 cm³/mol. The van der Waals surface area contributed by atoms with Crippen LogP contribution < -0.4 is 5.73 Å². The van der Waals surface area contributed by atoms with E-state index in [-0.39, 0.29) is 16.7 Å². The second-order valence-corrected chi connectivity index (χ2v) is 8.09. The maximum absolute atomic E-state index is 12.6. The Morgan fingerprint density at radius 2 is 1.91 bits per heavy atom. The van der Waals surface area contributed by atoms with Crippen LogP contribution in [-0.4, -0.2) is 19.2 Å². The molecule has 0 saturated heterocycles. The lowest BCUT2D eigenvalue weighted by Gasteiger charge is -2.48. The number of nitrogens with two attached hydrogens (primary N) is 1. The summed E-state index contributed by atoms with van der Waals surface area (Å²) in [5.41, 5.74) is 7.85. The van der Waals surface area contributed by atoms with E-state index < -0.39 is 15.7 Å². The van der Waals surface area contributed by atoms with Gasteiger partial charge in [0, 0.05) is 6.42 Å². The highest BCUT2D eigenvalue weighted by atomic mass is 32.2. The molecule has 0 aromatic heterocycles. The van der Waals surface area contributed by atoms with Crippen LogP contribution in [0, 0.1) is 17.3 Å². The zero-order valence-electron chi connectivity index (χ0n) is 13.0. The van der Waals surface area contributed by atoms with Gasteiger partial charge < -0.3 is 0 Å². The number of rotatable bonds is 1. The zero-order chi connectivity index (χ0) is 16.2. The van der Waals surface area contributed by atoms with E-state index in [9.17, 15) is 13.2 Å². The van der Waals surface area contributed by atoms with Crippen LogP contribution in [0.2, 0.25) is 0 Å². The smallest absolute Gasteiger partial charge is 0.229 e. The van der Waals surface area contributed by atoms with Gasteiger partial charge in [-0.2, -0.15) is 8.42 Å². The molecule has 2 saturated carbocycles. The molecule has 3 aliphatic rings. The highest BCUT2D eigenvalue weighted by Gasteiger charge is 2.59. The average molecular weight is 331 g/mol. The van der Waals surface area contributed by atoms with Crippen molar-refractivity contribution in [2.24, 2.45) is 23.0 Å². The number of fused-ring (bicyclic) bond motifs is 5.